The number of quaternary nitrogens is 1. The van der Waals surface area contributed by atoms with Crippen LogP contribution in [-0.2, 0) is 4.74 Å². The van der Waals surface area contributed by atoms with E-state index >= 15 is 0 Å². The molecule has 1 aromatic rings. The van der Waals surface area contributed by atoms with Gasteiger partial charge in [0.1, 0.15) is 18.8 Å². The maximum absolute atomic E-state index is 5.35. The summed E-state index contributed by atoms with van der Waals surface area (Å²) >= 11 is 8.74. The Morgan fingerprint density at radius 3 is 2.83 bits per heavy atom. The van der Waals surface area contributed by atoms with Gasteiger partial charge in [0.15, 0.2) is 5.11 Å². The highest BCUT2D eigenvalue weighted by Gasteiger charge is 2.12. The van der Waals surface area contributed by atoms with Gasteiger partial charge in [0.2, 0.25) is 0 Å². The van der Waals surface area contributed by atoms with Crippen LogP contribution in [0.2, 0.25) is 0 Å². The zero-order chi connectivity index (χ0) is 17.4. The van der Waals surface area contributed by atoms with Crippen molar-refractivity contribution in [3.8, 4) is 5.75 Å². The molecule has 132 valence electrons. The monoisotopic (exact) mass is 415 g/mol. The third-order valence-electron chi connectivity index (χ3n) is 3.86. The minimum absolute atomic E-state index is 0.537. The van der Waals surface area contributed by atoms with Crippen LogP contribution in [0.3, 0.4) is 0 Å². The maximum Gasteiger partial charge on any atom is 0.187 e. The van der Waals surface area contributed by atoms with Gasteiger partial charge in [0.05, 0.1) is 43.6 Å². The fourth-order valence-electron chi connectivity index (χ4n) is 2.39. The molecule has 0 unspecified atom stereocenters. The van der Waals surface area contributed by atoms with E-state index in [1.807, 2.05) is 25.1 Å². The van der Waals surface area contributed by atoms with E-state index in [0.717, 1.165) is 60.9 Å². The Hall–Kier alpha value is -1.22. The van der Waals surface area contributed by atoms with Gasteiger partial charge in [0.25, 0.3) is 0 Å². The van der Waals surface area contributed by atoms with E-state index in [9.17, 15) is 0 Å². The molecule has 1 fully saturated rings. The van der Waals surface area contributed by atoms with Gasteiger partial charge in [-0.2, -0.15) is 5.10 Å². The number of thiocarbonyl (C=S) groups is 1. The summed E-state index contributed by atoms with van der Waals surface area (Å²) in [6.07, 6.45) is 0. The van der Waals surface area contributed by atoms with Crippen molar-refractivity contribution >= 4 is 39.0 Å². The predicted molar refractivity (Wildman–Crippen MR) is 103 cm³/mol. The lowest BCUT2D eigenvalue weighted by Crippen LogP contribution is -3.14. The summed E-state index contributed by atoms with van der Waals surface area (Å²) < 4.78 is 11.5. The van der Waals surface area contributed by atoms with Gasteiger partial charge in [-0.1, -0.05) is 0 Å². The SMILES string of the molecule is COc1ccc(/C(C)=N\NC(=S)NCC[NH+]2CCOCC2)cc1Br. The summed E-state index contributed by atoms with van der Waals surface area (Å²) in [5.41, 5.74) is 4.74. The largest absolute Gasteiger partial charge is 0.496 e. The predicted octanol–water partition coefficient (Wildman–Crippen LogP) is 0.561. The number of benzene rings is 1. The molecule has 0 amide bonds. The molecule has 1 aliphatic heterocycles. The topological polar surface area (TPSA) is 59.3 Å². The molecule has 1 heterocycles. The average Bonchev–Trinajstić information content (AvgIpc) is 2.60. The van der Waals surface area contributed by atoms with Crippen LogP contribution >= 0.6 is 28.1 Å². The van der Waals surface area contributed by atoms with Crippen LogP contribution in [0.5, 0.6) is 5.75 Å². The molecule has 0 radical (unpaired) electrons. The molecule has 0 atom stereocenters. The third-order valence-corrected chi connectivity index (χ3v) is 4.71. The molecule has 1 aliphatic rings. The first kappa shape index (κ1) is 19.1. The molecule has 6 nitrogen and oxygen atoms in total. The lowest BCUT2D eigenvalue weighted by atomic mass is 10.1. The van der Waals surface area contributed by atoms with Gasteiger partial charge < -0.3 is 19.7 Å². The molecule has 1 saturated heterocycles. The van der Waals surface area contributed by atoms with E-state index in [0.29, 0.717) is 5.11 Å². The van der Waals surface area contributed by atoms with Crippen LogP contribution in [-0.4, -0.2) is 57.3 Å². The van der Waals surface area contributed by atoms with E-state index in [1.165, 1.54) is 0 Å². The Morgan fingerprint density at radius 2 is 2.17 bits per heavy atom. The van der Waals surface area contributed by atoms with Crippen LogP contribution in [0.4, 0.5) is 0 Å². The summed E-state index contributed by atoms with van der Waals surface area (Å²) in [5.74, 6) is 0.794. The van der Waals surface area contributed by atoms with Gasteiger partial charge >= 0.3 is 0 Å². The normalized spacial score (nSPS) is 15.9. The van der Waals surface area contributed by atoms with Crippen molar-refractivity contribution in [3.05, 3.63) is 28.2 Å². The summed E-state index contributed by atoms with van der Waals surface area (Å²) in [7, 11) is 1.64. The van der Waals surface area contributed by atoms with Crippen LogP contribution < -0.4 is 20.4 Å². The number of hydrogen-bond acceptors (Lipinski definition) is 4. The molecular formula is C16H24BrN4O2S+. The first-order valence-electron chi connectivity index (χ1n) is 7.93. The van der Waals surface area contributed by atoms with Gasteiger partial charge in [-0.3, -0.25) is 5.43 Å². The third kappa shape index (κ3) is 6.01. The number of hydrogen-bond donors (Lipinski definition) is 3. The Labute approximate surface area is 156 Å². The second kappa shape index (κ2) is 9.93. The number of methoxy groups -OCH3 is 1. The first-order chi connectivity index (χ1) is 11.6. The maximum atomic E-state index is 5.35. The molecule has 2 rings (SSSR count). The van der Waals surface area contributed by atoms with Crippen molar-refractivity contribution in [1.29, 1.82) is 0 Å². The van der Waals surface area contributed by atoms with E-state index in [4.69, 9.17) is 21.7 Å². The lowest BCUT2D eigenvalue weighted by molar-refractivity contribution is -0.906. The number of nitrogens with zero attached hydrogens (tertiary/aromatic N) is 1. The van der Waals surface area contributed by atoms with Crippen molar-refractivity contribution in [2.75, 3.05) is 46.5 Å². The highest BCUT2D eigenvalue weighted by molar-refractivity contribution is 9.10. The minimum atomic E-state index is 0.537. The van der Waals surface area contributed by atoms with E-state index < -0.39 is 0 Å². The molecular weight excluding hydrogens is 392 g/mol. The fraction of sp³-hybridized carbons (Fsp3) is 0.500. The number of rotatable bonds is 6. The van der Waals surface area contributed by atoms with Crippen molar-refractivity contribution in [3.63, 3.8) is 0 Å². The summed E-state index contributed by atoms with van der Waals surface area (Å²) in [6, 6.07) is 5.83. The molecule has 0 spiro atoms. The second-order valence-corrected chi connectivity index (χ2v) is 6.79. The Kier molecular flexibility index (Phi) is 7.90. The van der Waals surface area contributed by atoms with E-state index in [1.54, 1.807) is 12.0 Å². The quantitative estimate of drug-likeness (QED) is 0.360. The molecule has 0 aliphatic carbocycles. The zero-order valence-corrected chi connectivity index (χ0v) is 16.4. The smallest absolute Gasteiger partial charge is 0.187 e. The summed E-state index contributed by atoms with van der Waals surface area (Å²) in [4.78, 5) is 1.54. The van der Waals surface area contributed by atoms with Crippen LogP contribution in [0.15, 0.2) is 27.8 Å². The highest BCUT2D eigenvalue weighted by Crippen LogP contribution is 2.25. The fourth-order valence-corrected chi connectivity index (χ4v) is 3.08. The van der Waals surface area contributed by atoms with Crippen molar-refractivity contribution in [2.24, 2.45) is 5.10 Å². The summed E-state index contributed by atoms with van der Waals surface area (Å²) in [5, 5.41) is 8.06. The molecule has 8 heteroatoms. The van der Waals surface area contributed by atoms with Gasteiger partial charge in [-0.25, -0.2) is 0 Å². The molecule has 1 aromatic carbocycles. The lowest BCUT2D eigenvalue weighted by Gasteiger charge is -2.23. The Bertz CT molecular complexity index is 591. The molecule has 0 saturated carbocycles. The molecule has 24 heavy (non-hydrogen) atoms. The molecule has 0 aromatic heterocycles. The number of ether oxygens (including phenoxy) is 2. The van der Waals surface area contributed by atoms with Crippen LogP contribution in [0, 0.1) is 0 Å². The van der Waals surface area contributed by atoms with Crippen molar-refractivity contribution in [1.82, 2.24) is 10.7 Å². The molecule has 3 N–H and O–H groups in total. The number of morpholine rings is 1. The minimum Gasteiger partial charge on any atom is -0.496 e. The highest BCUT2D eigenvalue weighted by atomic mass is 79.9. The van der Waals surface area contributed by atoms with Crippen LogP contribution in [0.1, 0.15) is 12.5 Å². The molecule has 0 bridgehead atoms. The number of halogens is 1. The number of hydrazone groups is 1. The summed E-state index contributed by atoms with van der Waals surface area (Å²) in [6.45, 7) is 7.60. The van der Waals surface area contributed by atoms with Crippen LogP contribution in [0.25, 0.3) is 0 Å². The van der Waals surface area contributed by atoms with Crippen molar-refractivity contribution < 1.29 is 14.4 Å². The van der Waals surface area contributed by atoms with E-state index in [-0.39, 0.29) is 0 Å². The second-order valence-electron chi connectivity index (χ2n) is 5.53. The van der Waals surface area contributed by atoms with E-state index in [2.05, 4.69) is 31.8 Å². The Morgan fingerprint density at radius 1 is 1.42 bits per heavy atom. The van der Waals surface area contributed by atoms with Gasteiger partial charge in [-0.15, -0.1) is 0 Å². The zero-order valence-electron chi connectivity index (χ0n) is 14.0. The Balaban J connectivity index is 1.76. The average molecular weight is 416 g/mol. The van der Waals surface area contributed by atoms with Gasteiger partial charge in [-0.05, 0) is 58.8 Å². The van der Waals surface area contributed by atoms with Crippen molar-refractivity contribution in [2.45, 2.75) is 6.92 Å². The first-order valence-corrected chi connectivity index (χ1v) is 9.13. The van der Waals surface area contributed by atoms with Gasteiger partial charge in [0, 0.05) is 0 Å². The standard InChI is InChI=1S/C16H23BrN4O2S/c1-12(13-3-4-15(22-2)14(17)11-13)19-20-16(24)18-5-6-21-7-9-23-10-8-21/h3-4,11H,5-10H2,1-2H3,(H2,18,20,24)/p+1/b19-12-. The number of nitrogens with one attached hydrogen (secondary N) is 3.